The van der Waals surface area contributed by atoms with Crippen molar-refractivity contribution < 1.29 is 13.2 Å². The van der Waals surface area contributed by atoms with Crippen LogP contribution in [-0.4, -0.2) is 29.0 Å². The van der Waals surface area contributed by atoms with E-state index < -0.39 is 17.7 Å². The molecule has 0 bridgehead atoms. The van der Waals surface area contributed by atoms with E-state index in [1.807, 2.05) is 0 Å². The largest absolute Gasteiger partial charge is 0.393 e. The first-order chi connectivity index (χ1) is 11.4. The third-order valence-electron chi connectivity index (χ3n) is 4.13. The average molecular weight is 358 g/mol. The molecule has 0 unspecified atom stereocenters. The topological polar surface area (TPSA) is 38.1 Å². The standard InChI is InChI=1S/C16H15ClF3N3O/c17-14-13(22-8-4-5-11(10-22)16(18,19)20)9-21-23(15(14)24)12-6-2-1-3-7-12/h1-3,6-7,9,11H,4-5,8,10H2/t11-/m0/s1. The molecule has 0 amide bonds. The first-order valence-electron chi connectivity index (χ1n) is 7.53. The lowest BCUT2D eigenvalue weighted by molar-refractivity contribution is -0.175. The van der Waals surface area contributed by atoms with Crippen LogP contribution >= 0.6 is 11.6 Å². The van der Waals surface area contributed by atoms with Gasteiger partial charge in [0.2, 0.25) is 0 Å². The lowest BCUT2D eigenvalue weighted by Crippen LogP contribution is -2.42. The Morgan fingerprint density at radius 3 is 2.58 bits per heavy atom. The van der Waals surface area contributed by atoms with E-state index in [1.165, 1.54) is 11.1 Å². The summed E-state index contributed by atoms with van der Waals surface area (Å²) in [5.74, 6) is -1.42. The Bertz CT molecular complexity index is 776. The fraction of sp³-hybridized carbons (Fsp3) is 0.375. The highest BCUT2D eigenvalue weighted by atomic mass is 35.5. The van der Waals surface area contributed by atoms with Crippen molar-refractivity contribution >= 4 is 17.3 Å². The second-order valence-corrected chi connectivity index (χ2v) is 6.10. The molecule has 0 spiro atoms. The lowest BCUT2D eigenvalue weighted by atomic mass is 9.97. The van der Waals surface area contributed by atoms with Gasteiger partial charge < -0.3 is 4.90 Å². The molecule has 4 nitrogen and oxygen atoms in total. The summed E-state index contributed by atoms with van der Waals surface area (Å²) in [5, 5.41) is 3.95. The number of halogens is 4. The number of piperidine rings is 1. The first kappa shape index (κ1) is 16.8. The van der Waals surface area contributed by atoms with Crippen LogP contribution in [0, 0.1) is 5.92 Å². The van der Waals surface area contributed by atoms with E-state index in [2.05, 4.69) is 5.10 Å². The van der Waals surface area contributed by atoms with Crippen LogP contribution in [0.15, 0.2) is 41.3 Å². The molecule has 2 aromatic rings. The maximum absolute atomic E-state index is 13.0. The monoisotopic (exact) mass is 357 g/mol. The summed E-state index contributed by atoms with van der Waals surface area (Å²) in [4.78, 5) is 13.9. The van der Waals surface area contributed by atoms with Crippen LogP contribution in [0.25, 0.3) is 5.69 Å². The molecule has 1 aromatic heterocycles. The Balaban J connectivity index is 1.93. The van der Waals surface area contributed by atoms with Gasteiger partial charge in [-0.2, -0.15) is 23.0 Å². The minimum absolute atomic E-state index is 0.0894. The molecule has 1 fully saturated rings. The number of anilines is 1. The Hall–Kier alpha value is -2.02. The molecule has 24 heavy (non-hydrogen) atoms. The van der Waals surface area contributed by atoms with Crippen LogP contribution in [0.1, 0.15) is 12.8 Å². The van der Waals surface area contributed by atoms with Gasteiger partial charge in [-0.05, 0) is 25.0 Å². The first-order valence-corrected chi connectivity index (χ1v) is 7.90. The molecular weight excluding hydrogens is 343 g/mol. The van der Waals surface area contributed by atoms with Crippen molar-refractivity contribution in [1.82, 2.24) is 9.78 Å². The number of alkyl halides is 3. The Kier molecular flexibility index (Phi) is 4.54. The predicted octanol–water partition coefficient (Wildman–Crippen LogP) is 3.66. The Morgan fingerprint density at radius 1 is 1.21 bits per heavy atom. The molecule has 1 aliphatic rings. The van der Waals surface area contributed by atoms with Crippen molar-refractivity contribution in [3.05, 3.63) is 51.9 Å². The Labute approximate surface area is 141 Å². The van der Waals surface area contributed by atoms with Gasteiger partial charge in [-0.15, -0.1) is 0 Å². The Morgan fingerprint density at radius 2 is 1.92 bits per heavy atom. The second kappa shape index (κ2) is 6.47. The highest BCUT2D eigenvalue weighted by molar-refractivity contribution is 6.33. The molecule has 1 aromatic carbocycles. The van der Waals surface area contributed by atoms with E-state index in [4.69, 9.17) is 11.6 Å². The molecule has 8 heteroatoms. The van der Waals surface area contributed by atoms with E-state index in [1.54, 1.807) is 30.3 Å². The van der Waals surface area contributed by atoms with Gasteiger partial charge in [-0.1, -0.05) is 29.8 Å². The van der Waals surface area contributed by atoms with Crippen molar-refractivity contribution in [2.75, 3.05) is 18.0 Å². The highest BCUT2D eigenvalue weighted by Gasteiger charge is 2.42. The zero-order valence-corrected chi connectivity index (χ0v) is 13.4. The summed E-state index contributed by atoms with van der Waals surface area (Å²) >= 11 is 6.15. The highest BCUT2D eigenvalue weighted by Crippen LogP contribution is 2.35. The number of para-hydroxylation sites is 1. The van der Waals surface area contributed by atoms with Crippen LogP contribution in [0.3, 0.4) is 0 Å². The van der Waals surface area contributed by atoms with E-state index in [-0.39, 0.29) is 23.7 Å². The number of rotatable bonds is 2. The molecule has 0 saturated carbocycles. The molecule has 128 valence electrons. The fourth-order valence-electron chi connectivity index (χ4n) is 2.86. The summed E-state index contributed by atoms with van der Waals surface area (Å²) in [6.07, 6.45) is -2.42. The third-order valence-corrected chi connectivity index (χ3v) is 4.48. The summed E-state index contributed by atoms with van der Waals surface area (Å²) < 4.78 is 40.0. The zero-order valence-electron chi connectivity index (χ0n) is 12.6. The van der Waals surface area contributed by atoms with Gasteiger partial charge >= 0.3 is 6.18 Å². The third kappa shape index (κ3) is 3.26. The van der Waals surface area contributed by atoms with E-state index >= 15 is 0 Å². The molecule has 0 radical (unpaired) electrons. The van der Waals surface area contributed by atoms with Crippen molar-refractivity contribution in [2.45, 2.75) is 19.0 Å². The van der Waals surface area contributed by atoms with Crippen LogP contribution in [0.5, 0.6) is 0 Å². The normalized spacial score (nSPS) is 18.7. The molecule has 1 saturated heterocycles. The lowest BCUT2D eigenvalue weighted by Gasteiger charge is -2.35. The van der Waals surface area contributed by atoms with Crippen molar-refractivity contribution in [3.63, 3.8) is 0 Å². The SMILES string of the molecule is O=c1c(Cl)c(N2CCC[C@H](C(F)(F)F)C2)cnn1-c1ccccc1. The number of hydrogen-bond donors (Lipinski definition) is 0. The minimum Gasteiger partial charge on any atom is -0.368 e. The number of aromatic nitrogens is 2. The number of benzene rings is 1. The van der Waals surface area contributed by atoms with Gasteiger partial charge in [0.1, 0.15) is 5.02 Å². The van der Waals surface area contributed by atoms with E-state index in [0.717, 1.165) is 4.68 Å². The molecule has 2 heterocycles. The molecule has 1 atom stereocenters. The maximum Gasteiger partial charge on any atom is 0.393 e. The molecular formula is C16H15ClF3N3O. The smallest absolute Gasteiger partial charge is 0.368 e. The minimum atomic E-state index is -4.25. The van der Waals surface area contributed by atoms with Gasteiger partial charge in [0.05, 0.1) is 23.5 Å². The van der Waals surface area contributed by atoms with E-state index in [0.29, 0.717) is 18.7 Å². The van der Waals surface area contributed by atoms with Crippen molar-refractivity contribution in [3.8, 4) is 5.69 Å². The second-order valence-electron chi connectivity index (χ2n) is 5.72. The molecule has 0 N–H and O–H groups in total. The van der Waals surface area contributed by atoms with Crippen molar-refractivity contribution in [2.24, 2.45) is 5.92 Å². The quantitative estimate of drug-likeness (QED) is 0.823. The summed E-state index contributed by atoms with van der Waals surface area (Å²) in [7, 11) is 0. The van der Waals surface area contributed by atoms with Crippen LogP contribution in [0.4, 0.5) is 18.9 Å². The van der Waals surface area contributed by atoms with Crippen LogP contribution in [0.2, 0.25) is 5.02 Å². The number of nitrogens with zero attached hydrogens (tertiary/aromatic N) is 3. The summed E-state index contributed by atoms with van der Waals surface area (Å²) in [6.45, 7) is 0.211. The molecule has 3 rings (SSSR count). The van der Waals surface area contributed by atoms with Crippen LogP contribution in [-0.2, 0) is 0 Å². The average Bonchev–Trinajstić information content (AvgIpc) is 2.57. The molecule has 0 aliphatic carbocycles. The van der Waals surface area contributed by atoms with Crippen molar-refractivity contribution in [1.29, 1.82) is 0 Å². The summed E-state index contributed by atoms with van der Waals surface area (Å²) in [5.41, 5.74) is 0.250. The predicted molar refractivity (Wildman–Crippen MR) is 85.8 cm³/mol. The molecule has 1 aliphatic heterocycles. The van der Waals surface area contributed by atoms with Gasteiger partial charge in [0, 0.05) is 13.1 Å². The summed E-state index contributed by atoms with van der Waals surface area (Å²) in [6, 6.07) is 8.71. The van der Waals surface area contributed by atoms with Gasteiger partial charge in [0.15, 0.2) is 0 Å². The zero-order chi connectivity index (χ0) is 17.3. The van der Waals surface area contributed by atoms with E-state index in [9.17, 15) is 18.0 Å². The van der Waals surface area contributed by atoms with Gasteiger partial charge in [0.25, 0.3) is 5.56 Å². The van der Waals surface area contributed by atoms with Gasteiger partial charge in [-0.3, -0.25) is 4.79 Å². The number of hydrogen-bond acceptors (Lipinski definition) is 3. The maximum atomic E-state index is 13.0. The van der Waals surface area contributed by atoms with Crippen LogP contribution < -0.4 is 10.5 Å². The fourth-order valence-corrected chi connectivity index (χ4v) is 3.11. The van der Waals surface area contributed by atoms with Gasteiger partial charge in [-0.25, -0.2) is 0 Å².